The molecule has 30 heavy (non-hydrogen) atoms. The number of aromatic nitrogens is 4. The number of benzene rings is 2. The largest absolute Gasteiger partial charge is 0.381 e. The number of nitrogens with zero attached hydrogens (tertiary/aromatic N) is 3. The number of aromatic amines is 1. The fourth-order valence-electron chi connectivity index (χ4n) is 2.61. The molecule has 5 rings (SSSR count). The summed E-state index contributed by atoms with van der Waals surface area (Å²) in [7, 11) is 1.96. The van der Waals surface area contributed by atoms with Gasteiger partial charge >= 0.3 is 0 Å². The molecule has 5 nitrogen and oxygen atoms in total. The summed E-state index contributed by atoms with van der Waals surface area (Å²) in [5.41, 5.74) is 2.23. The Labute approximate surface area is 221 Å². The Balaban J connectivity index is 0.000000411. The molecule has 0 amide bonds. The molecule has 1 N–H and O–H groups in total. The van der Waals surface area contributed by atoms with E-state index >= 15 is 0 Å². The fraction of sp³-hybridized carbons (Fsp3) is 0.364. The fourth-order valence-corrected chi connectivity index (χ4v) is 3.96. The molecular formula is C22H31I3N4O. The summed E-state index contributed by atoms with van der Waals surface area (Å²) in [4.78, 5) is 1.97. The second-order valence-electron chi connectivity index (χ2n) is 5.81. The number of fused-ring (bicyclic) bond motifs is 2. The molecule has 1 aliphatic heterocycles. The van der Waals surface area contributed by atoms with Crippen LogP contribution in [0, 0.1) is 7.40 Å². The van der Waals surface area contributed by atoms with Crippen LogP contribution >= 0.6 is 67.8 Å². The molecule has 3 heterocycles. The van der Waals surface area contributed by atoms with E-state index in [1.54, 1.807) is 0 Å². The third-order valence-corrected chi connectivity index (χ3v) is 5.57. The van der Waals surface area contributed by atoms with Crippen LogP contribution in [0.1, 0.15) is 27.7 Å². The van der Waals surface area contributed by atoms with Crippen molar-refractivity contribution in [2.24, 2.45) is 7.05 Å². The number of rotatable bonds is 0. The summed E-state index contributed by atoms with van der Waals surface area (Å²) in [5.74, 6) is 0. The Morgan fingerprint density at radius 3 is 2.00 bits per heavy atom. The lowest BCUT2D eigenvalue weighted by Gasteiger charge is -1.89. The Morgan fingerprint density at radius 2 is 1.47 bits per heavy atom. The van der Waals surface area contributed by atoms with Crippen LogP contribution in [0.2, 0.25) is 0 Å². The van der Waals surface area contributed by atoms with Gasteiger partial charge in [0, 0.05) is 31.0 Å². The Morgan fingerprint density at radius 1 is 0.900 bits per heavy atom. The standard InChI is InChI=1S/C8H7IN2.C7H5IN2.C4H8O.CH3I.2CH4/c1-11-7-5-3-2-4-6(7)8(9)10-11;8-7-5-3-1-2-4-6(5)9-10-7;1-2-4-5-3-1;1-2;;/h2-5H,1H3;1-4H,(H,9,10);1-4H2;1H3;2*1H4. The van der Waals surface area contributed by atoms with Crippen molar-refractivity contribution in [3.8, 4) is 0 Å². The van der Waals surface area contributed by atoms with Gasteiger partial charge in [-0.25, -0.2) is 0 Å². The van der Waals surface area contributed by atoms with Gasteiger partial charge in [-0.1, -0.05) is 73.8 Å². The molecule has 0 atom stereocenters. The lowest BCUT2D eigenvalue weighted by atomic mass is 10.3. The molecule has 2 aromatic heterocycles. The molecular weight excluding hydrogens is 717 g/mol. The van der Waals surface area contributed by atoms with Crippen molar-refractivity contribution in [2.45, 2.75) is 27.7 Å². The number of hydrogen-bond donors (Lipinski definition) is 1. The molecule has 8 heteroatoms. The number of para-hydroxylation sites is 2. The minimum absolute atomic E-state index is 0. The van der Waals surface area contributed by atoms with Gasteiger partial charge in [0.05, 0.1) is 11.0 Å². The maximum atomic E-state index is 4.94. The lowest BCUT2D eigenvalue weighted by molar-refractivity contribution is 0.198. The zero-order chi connectivity index (χ0) is 20.4. The molecule has 1 saturated heterocycles. The van der Waals surface area contributed by atoms with E-state index in [2.05, 4.69) is 101 Å². The van der Waals surface area contributed by atoms with Gasteiger partial charge in [0.25, 0.3) is 0 Å². The topological polar surface area (TPSA) is 55.7 Å². The minimum atomic E-state index is 0. The lowest BCUT2D eigenvalue weighted by Crippen LogP contribution is -1.88. The van der Waals surface area contributed by atoms with Gasteiger partial charge < -0.3 is 4.74 Å². The molecule has 1 fully saturated rings. The highest BCUT2D eigenvalue weighted by Gasteiger charge is 2.02. The summed E-state index contributed by atoms with van der Waals surface area (Å²) >= 11 is 6.63. The van der Waals surface area contributed by atoms with E-state index in [1.807, 2.05) is 47.0 Å². The third kappa shape index (κ3) is 8.58. The van der Waals surface area contributed by atoms with Crippen molar-refractivity contribution < 1.29 is 4.74 Å². The number of nitrogens with one attached hydrogen (secondary N) is 1. The maximum Gasteiger partial charge on any atom is 0.131 e. The highest BCUT2D eigenvalue weighted by molar-refractivity contribution is 14.1. The van der Waals surface area contributed by atoms with E-state index in [0.29, 0.717) is 0 Å². The van der Waals surface area contributed by atoms with E-state index in [4.69, 9.17) is 4.74 Å². The molecule has 0 spiro atoms. The van der Waals surface area contributed by atoms with Crippen LogP contribution in [0.25, 0.3) is 21.8 Å². The summed E-state index contributed by atoms with van der Waals surface area (Å²) in [6, 6.07) is 16.3. The number of ether oxygens (including phenoxy) is 1. The van der Waals surface area contributed by atoms with Gasteiger partial charge in [0.1, 0.15) is 7.40 Å². The summed E-state index contributed by atoms with van der Waals surface area (Å²) < 4.78 is 9.02. The molecule has 0 unspecified atom stereocenters. The Bertz CT molecular complexity index is 937. The number of alkyl halides is 1. The average Bonchev–Trinajstić information content (AvgIpc) is 3.49. The van der Waals surface area contributed by atoms with Crippen molar-refractivity contribution >= 4 is 89.6 Å². The van der Waals surface area contributed by atoms with Gasteiger partial charge in [-0.05, 0) is 75.1 Å². The smallest absolute Gasteiger partial charge is 0.131 e. The molecule has 0 bridgehead atoms. The monoisotopic (exact) mass is 748 g/mol. The number of hydrogen-bond acceptors (Lipinski definition) is 3. The second kappa shape index (κ2) is 16.2. The highest BCUT2D eigenvalue weighted by atomic mass is 127. The van der Waals surface area contributed by atoms with Crippen LogP contribution in [-0.4, -0.2) is 38.1 Å². The number of H-pyrrole nitrogens is 1. The molecule has 0 saturated carbocycles. The first-order valence-corrected chi connectivity index (χ1v) is 13.1. The SMILES string of the molecule is C.C.C1CCOC1.CI.Cn1nc(I)c2ccccc21.Ic1[nH]nc2ccccc12. The molecule has 166 valence electrons. The molecule has 0 radical (unpaired) electrons. The normalized spacial score (nSPS) is 11.6. The minimum Gasteiger partial charge on any atom is -0.381 e. The van der Waals surface area contributed by atoms with E-state index < -0.39 is 0 Å². The van der Waals surface area contributed by atoms with Crippen LogP contribution in [-0.2, 0) is 11.8 Å². The Hall–Kier alpha value is -0.470. The van der Waals surface area contributed by atoms with Crippen LogP contribution in [0.15, 0.2) is 48.5 Å². The van der Waals surface area contributed by atoms with Gasteiger partial charge in [0.15, 0.2) is 0 Å². The van der Waals surface area contributed by atoms with Crippen molar-refractivity contribution in [1.82, 2.24) is 20.0 Å². The summed E-state index contributed by atoms with van der Waals surface area (Å²) in [6.07, 6.45) is 2.56. The third-order valence-electron chi connectivity index (χ3n) is 3.96. The van der Waals surface area contributed by atoms with Crippen molar-refractivity contribution in [2.75, 3.05) is 18.1 Å². The zero-order valence-corrected chi connectivity index (χ0v) is 22.3. The van der Waals surface area contributed by atoms with E-state index in [0.717, 1.165) is 26.1 Å². The maximum absolute atomic E-state index is 4.94. The van der Waals surface area contributed by atoms with Gasteiger partial charge in [-0.3, -0.25) is 9.78 Å². The van der Waals surface area contributed by atoms with E-state index in [9.17, 15) is 0 Å². The van der Waals surface area contributed by atoms with Gasteiger partial charge in [-0.15, -0.1) is 0 Å². The predicted molar refractivity (Wildman–Crippen MR) is 156 cm³/mol. The molecule has 2 aromatic carbocycles. The van der Waals surface area contributed by atoms with Crippen molar-refractivity contribution in [1.29, 1.82) is 0 Å². The number of halogens is 3. The van der Waals surface area contributed by atoms with Crippen molar-refractivity contribution in [3.63, 3.8) is 0 Å². The predicted octanol–water partition coefficient (Wildman–Crippen LogP) is 7.47. The first-order chi connectivity index (χ1) is 13.7. The van der Waals surface area contributed by atoms with Crippen LogP contribution in [0.5, 0.6) is 0 Å². The zero-order valence-electron chi connectivity index (χ0n) is 15.8. The number of aryl methyl sites for hydroxylation is 1. The molecule has 4 aromatic rings. The molecule has 0 aliphatic carbocycles. The molecule has 1 aliphatic rings. The quantitative estimate of drug-likeness (QED) is 0.150. The first-order valence-electron chi connectivity index (χ1n) is 8.78. The van der Waals surface area contributed by atoms with Crippen LogP contribution < -0.4 is 0 Å². The van der Waals surface area contributed by atoms with Crippen LogP contribution in [0.4, 0.5) is 0 Å². The van der Waals surface area contributed by atoms with Gasteiger partial charge in [0.2, 0.25) is 0 Å². The second-order valence-corrected chi connectivity index (χ2v) is 7.91. The van der Waals surface area contributed by atoms with E-state index in [1.165, 1.54) is 29.1 Å². The first kappa shape index (κ1) is 29.5. The van der Waals surface area contributed by atoms with Crippen LogP contribution in [0.3, 0.4) is 0 Å². The van der Waals surface area contributed by atoms with Crippen molar-refractivity contribution in [3.05, 3.63) is 55.9 Å². The highest BCUT2D eigenvalue weighted by Crippen LogP contribution is 2.18. The van der Waals surface area contributed by atoms with Gasteiger partial charge in [-0.2, -0.15) is 10.2 Å². The van der Waals surface area contributed by atoms with E-state index in [-0.39, 0.29) is 14.9 Å². The summed E-state index contributed by atoms with van der Waals surface area (Å²) in [6.45, 7) is 2.00. The summed E-state index contributed by atoms with van der Waals surface area (Å²) in [5, 5.41) is 13.7. The Kier molecular flexibility index (Phi) is 15.9. The average molecular weight is 748 g/mol.